The molecule has 0 aliphatic carbocycles. The maximum atomic E-state index is 4.61. The van der Waals surface area contributed by atoms with Crippen LogP contribution in [0.25, 0.3) is 5.82 Å². The first kappa shape index (κ1) is 12.5. The van der Waals surface area contributed by atoms with Gasteiger partial charge in [0.2, 0.25) is 0 Å². The molecular formula is C13H19N5. The smallest absolute Gasteiger partial charge is 0.162 e. The molecule has 0 aromatic carbocycles. The van der Waals surface area contributed by atoms with Crippen LogP contribution in [0.2, 0.25) is 0 Å². The number of nitrogens with zero attached hydrogens (tertiary/aromatic N) is 4. The third-order valence-corrected chi connectivity index (χ3v) is 2.82. The number of nitrogens with one attached hydrogen (secondary N) is 1. The van der Waals surface area contributed by atoms with Crippen molar-refractivity contribution in [3.05, 3.63) is 29.3 Å². The summed E-state index contributed by atoms with van der Waals surface area (Å²) in [6.45, 7) is 8.19. The first-order valence-corrected chi connectivity index (χ1v) is 6.11. The van der Waals surface area contributed by atoms with Crippen LogP contribution >= 0.6 is 0 Å². The second kappa shape index (κ2) is 4.76. The van der Waals surface area contributed by atoms with E-state index in [0.717, 1.165) is 28.6 Å². The molecule has 0 aliphatic rings. The van der Waals surface area contributed by atoms with Gasteiger partial charge in [0.1, 0.15) is 11.6 Å². The molecule has 0 fully saturated rings. The van der Waals surface area contributed by atoms with Crippen LogP contribution in [0.3, 0.4) is 0 Å². The summed E-state index contributed by atoms with van der Waals surface area (Å²) in [5.41, 5.74) is 2.12. The molecular weight excluding hydrogens is 226 g/mol. The van der Waals surface area contributed by atoms with Gasteiger partial charge in [0, 0.05) is 24.7 Å². The Hall–Kier alpha value is -1.91. The van der Waals surface area contributed by atoms with E-state index in [9.17, 15) is 0 Å². The molecule has 5 nitrogen and oxygen atoms in total. The molecule has 0 spiro atoms. The fourth-order valence-electron chi connectivity index (χ4n) is 1.77. The van der Waals surface area contributed by atoms with Crippen LogP contribution in [0.15, 0.2) is 12.4 Å². The van der Waals surface area contributed by atoms with Crippen molar-refractivity contribution in [1.29, 1.82) is 0 Å². The number of hydrogen-bond acceptors (Lipinski definition) is 4. The van der Waals surface area contributed by atoms with Crippen molar-refractivity contribution in [2.45, 2.75) is 33.6 Å². The Kier molecular flexibility index (Phi) is 3.32. The Labute approximate surface area is 107 Å². The highest BCUT2D eigenvalue weighted by molar-refractivity contribution is 5.51. The van der Waals surface area contributed by atoms with Gasteiger partial charge >= 0.3 is 0 Å². The average Bonchev–Trinajstić information content (AvgIpc) is 2.75. The van der Waals surface area contributed by atoms with Crippen molar-refractivity contribution in [3.63, 3.8) is 0 Å². The maximum absolute atomic E-state index is 4.61. The molecule has 0 saturated heterocycles. The molecule has 0 atom stereocenters. The second-order valence-electron chi connectivity index (χ2n) is 4.75. The Morgan fingerprint density at radius 1 is 1.22 bits per heavy atom. The van der Waals surface area contributed by atoms with E-state index < -0.39 is 0 Å². The average molecular weight is 245 g/mol. The third kappa shape index (κ3) is 2.20. The third-order valence-electron chi connectivity index (χ3n) is 2.82. The highest BCUT2D eigenvalue weighted by atomic mass is 15.3. The topological polar surface area (TPSA) is 55.6 Å². The fourth-order valence-corrected chi connectivity index (χ4v) is 1.77. The summed E-state index contributed by atoms with van der Waals surface area (Å²) in [7, 11) is 1.87. The Morgan fingerprint density at radius 3 is 2.44 bits per heavy atom. The highest BCUT2D eigenvalue weighted by Gasteiger charge is 2.14. The zero-order valence-corrected chi connectivity index (χ0v) is 11.5. The van der Waals surface area contributed by atoms with Crippen molar-refractivity contribution in [2.75, 3.05) is 12.4 Å². The van der Waals surface area contributed by atoms with E-state index in [1.54, 1.807) is 4.68 Å². The zero-order valence-electron chi connectivity index (χ0n) is 11.5. The van der Waals surface area contributed by atoms with E-state index in [2.05, 4.69) is 34.2 Å². The van der Waals surface area contributed by atoms with E-state index >= 15 is 0 Å². The van der Waals surface area contributed by atoms with E-state index in [4.69, 9.17) is 0 Å². The van der Waals surface area contributed by atoms with Crippen LogP contribution in [-0.2, 0) is 0 Å². The lowest BCUT2D eigenvalue weighted by Crippen LogP contribution is -2.10. The number of rotatable bonds is 3. The van der Waals surface area contributed by atoms with Crippen LogP contribution in [0.4, 0.5) is 5.82 Å². The lowest BCUT2D eigenvalue weighted by molar-refractivity contribution is 0.741. The first-order chi connectivity index (χ1) is 8.52. The van der Waals surface area contributed by atoms with Crippen LogP contribution in [0.5, 0.6) is 0 Å². The SMILES string of the molecule is CNc1nc(C(C)C)nc(-n2cc(C)cn2)c1C. The molecule has 5 heteroatoms. The summed E-state index contributed by atoms with van der Waals surface area (Å²) in [5.74, 6) is 2.81. The zero-order chi connectivity index (χ0) is 13.3. The normalized spacial score (nSPS) is 11.0. The molecule has 2 rings (SSSR count). The van der Waals surface area contributed by atoms with E-state index in [-0.39, 0.29) is 5.92 Å². The number of aryl methyl sites for hydroxylation is 1. The van der Waals surface area contributed by atoms with Gasteiger partial charge in [-0.1, -0.05) is 13.8 Å². The van der Waals surface area contributed by atoms with Crippen LogP contribution in [-0.4, -0.2) is 26.8 Å². The second-order valence-corrected chi connectivity index (χ2v) is 4.75. The van der Waals surface area contributed by atoms with E-state index in [1.165, 1.54) is 0 Å². The lowest BCUT2D eigenvalue weighted by Gasteiger charge is -2.13. The van der Waals surface area contributed by atoms with Crippen LogP contribution in [0.1, 0.15) is 36.7 Å². The molecule has 0 radical (unpaired) electrons. The summed E-state index contributed by atoms with van der Waals surface area (Å²) in [4.78, 5) is 9.13. The minimum atomic E-state index is 0.285. The molecule has 2 aromatic rings. The van der Waals surface area contributed by atoms with E-state index in [1.807, 2.05) is 33.3 Å². The molecule has 96 valence electrons. The van der Waals surface area contributed by atoms with Crippen molar-refractivity contribution in [1.82, 2.24) is 19.7 Å². The highest BCUT2D eigenvalue weighted by Crippen LogP contribution is 2.21. The summed E-state index contributed by atoms with van der Waals surface area (Å²) in [5, 5.41) is 7.44. The van der Waals surface area contributed by atoms with Crippen molar-refractivity contribution in [3.8, 4) is 5.82 Å². The van der Waals surface area contributed by atoms with Gasteiger partial charge in [-0.05, 0) is 19.4 Å². The molecule has 0 bridgehead atoms. The Bertz CT molecular complexity index is 557. The molecule has 0 aliphatic heterocycles. The monoisotopic (exact) mass is 245 g/mol. The molecule has 0 saturated carbocycles. The van der Waals surface area contributed by atoms with Gasteiger partial charge in [0.25, 0.3) is 0 Å². The fraction of sp³-hybridized carbons (Fsp3) is 0.462. The van der Waals surface area contributed by atoms with Crippen molar-refractivity contribution in [2.24, 2.45) is 0 Å². The predicted octanol–water partition coefficient (Wildman–Crippen LogP) is 2.44. The summed E-state index contributed by atoms with van der Waals surface area (Å²) in [6, 6.07) is 0. The van der Waals surface area contributed by atoms with Gasteiger partial charge < -0.3 is 5.32 Å². The van der Waals surface area contributed by atoms with Crippen LogP contribution in [0, 0.1) is 13.8 Å². The predicted molar refractivity (Wildman–Crippen MR) is 72.3 cm³/mol. The molecule has 1 N–H and O–H groups in total. The van der Waals surface area contributed by atoms with Gasteiger partial charge in [-0.15, -0.1) is 0 Å². The molecule has 0 unspecified atom stereocenters. The molecule has 0 amide bonds. The summed E-state index contributed by atoms with van der Waals surface area (Å²) < 4.78 is 1.80. The summed E-state index contributed by atoms with van der Waals surface area (Å²) >= 11 is 0. The lowest BCUT2D eigenvalue weighted by atomic mass is 10.2. The van der Waals surface area contributed by atoms with Gasteiger partial charge in [0.05, 0.1) is 6.20 Å². The summed E-state index contributed by atoms with van der Waals surface area (Å²) in [6.07, 6.45) is 3.80. The molecule has 2 heterocycles. The van der Waals surface area contributed by atoms with Gasteiger partial charge in [-0.3, -0.25) is 0 Å². The Balaban J connectivity index is 2.61. The number of aromatic nitrogens is 4. The quantitative estimate of drug-likeness (QED) is 0.902. The number of hydrogen-bond donors (Lipinski definition) is 1. The van der Waals surface area contributed by atoms with Crippen molar-refractivity contribution >= 4 is 5.82 Å². The largest absolute Gasteiger partial charge is 0.373 e. The van der Waals surface area contributed by atoms with Crippen LogP contribution < -0.4 is 5.32 Å². The van der Waals surface area contributed by atoms with Crippen molar-refractivity contribution < 1.29 is 0 Å². The first-order valence-electron chi connectivity index (χ1n) is 6.11. The van der Waals surface area contributed by atoms with Gasteiger partial charge in [-0.25, -0.2) is 14.6 Å². The number of anilines is 1. The van der Waals surface area contributed by atoms with Gasteiger partial charge in [0.15, 0.2) is 5.82 Å². The minimum absolute atomic E-state index is 0.285. The minimum Gasteiger partial charge on any atom is -0.373 e. The van der Waals surface area contributed by atoms with Gasteiger partial charge in [-0.2, -0.15) is 5.10 Å². The molecule has 18 heavy (non-hydrogen) atoms. The van der Waals surface area contributed by atoms with E-state index in [0.29, 0.717) is 0 Å². The standard InChI is InChI=1S/C13H19N5/c1-8(2)11-16-12(14-5)10(4)13(17-11)18-7-9(3)6-15-18/h6-8H,1-5H3,(H,14,16,17). The Morgan fingerprint density at radius 2 is 1.94 bits per heavy atom. The molecule has 2 aromatic heterocycles. The maximum Gasteiger partial charge on any atom is 0.162 e.